The molecule has 77 heavy (non-hydrogen) atoms. The zero-order chi connectivity index (χ0) is 52.7. The molecule has 15 nitrogen and oxygen atoms in total. The van der Waals surface area contributed by atoms with Crippen LogP contribution in [0.5, 0.6) is 34.5 Å². The largest absolute Gasteiger partial charge is 0.504 e. The summed E-state index contributed by atoms with van der Waals surface area (Å²) in [6.07, 6.45) is 7.73. The van der Waals surface area contributed by atoms with Gasteiger partial charge in [0.15, 0.2) is 34.5 Å². The number of hydrogen-bond acceptors (Lipinski definition) is 12. The lowest BCUT2D eigenvalue weighted by atomic mass is 9.94. The summed E-state index contributed by atoms with van der Waals surface area (Å²) >= 11 is 0. The highest BCUT2D eigenvalue weighted by Crippen LogP contribution is 2.42. The van der Waals surface area contributed by atoms with Crippen LogP contribution < -0.4 is 23.7 Å². The number of aromatic hydroxyl groups is 1. The summed E-state index contributed by atoms with van der Waals surface area (Å²) in [5.41, 5.74) is 12.1. The van der Waals surface area contributed by atoms with Gasteiger partial charge in [0.05, 0.1) is 73.2 Å². The van der Waals surface area contributed by atoms with Crippen molar-refractivity contribution >= 4 is 53.4 Å². The highest BCUT2D eigenvalue weighted by atomic mass is 16.5. The molecule has 6 heterocycles. The Morgan fingerprint density at radius 2 is 0.779 bits per heavy atom. The van der Waals surface area contributed by atoms with Crippen LogP contribution >= 0.6 is 0 Å². The zero-order valence-electron chi connectivity index (χ0n) is 42.7. The summed E-state index contributed by atoms with van der Waals surface area (Å²) in [7, 11) is 4.60. The molecule has 0 saturated heterocycles. The first kappa shape index (κ1) is 48.7. The van der Waals surface area contributed by atoms with E-state index in [0.717, 1.165) is 41.5 Å². The number of phenols is 1. The quantitative estimate of drug-likeness (QED) is 0.148. The first-order chi connectivity index (χ1) is 37.6. The lowest BCUT2D eigenvalue weighted by Crippen LogP contribution is -2.44. The smallest absolute Gasteiger partial charge is 0.257 e. The Balaban J connectivity index is 0.000000215. The van der Waals surface area contributed by atoms with Gasteiger partial charge in [-0.1, -0.05) is 91.0 Å². The van der Waals surface area contributed by atoms with Crippen LogP contribution in [0.25, 0.3) is 0 Å². The highest BCUT2D eigenvalue weighted by Gasteiger charge is 2.36. The normalized spacial score (nSPS) is 18.1. The average molecular weight is 1030 g/mol. The molecule has 7 aromatic rings. The number of hydrogen-bond donors (Lipinski definition) is 1. The fourth-order valence-corrected chi connectivity index (χ4v) is 11.0. The van der Waals surface area contributed by atoms with Crippen LogP contribution in [0.3, 0.4) is 0 Å². The van der Waals surface area contributed by atoms with E-state index in [-0.39, 0.29) is 60.6 Å². The van der Waals surface area contributed by atoms with Crippen molar-refractivity contribution in [3.63, 3.8) is 0 Å². The molecular weight excluding hydrogens is 973 g/mol. The molecule has 0 fully saturated rings. The van der Waals surface area contributed by atoms with Crippen molar-refractivity contribution in [2.75, 3.05) is 21.3 Å². The zero-order valence-corrected chi connectivity index (χ0v) is 42.7. The van der Waals surface area contributed by atoms with E-state index in [9.17, 15) is 19.5 Å². The van der Waals surface area contributed by atoms with Crippen LogP contribution in [-0.2, 0) is 52.1 Å². The molecule has 3 amide bonds. The van der Waals surface area contributed by atoms with Crippen LogP contribution in [0.15, 0.2) is 148 Å². The molecule has 3 atom stereocenters. The van der Waals surface area contributed by atoms with Crippen molar-refractivity contribution < 1.29 is 43.2 Å². The Morgan fingerprint density at radius 3 is 1.16 bits per heavy atom. The minimum atomic E-state index is -0.123. The van der Waals surface area contributed by atoms with Crippen LogP contribution in [-0.4, -0.2) is 95.6 Å². The maximum atomic E-state index is 13.8. The number of methoxy groups -OCH3 is 3. The van der Waals surface area contributed by atoms with Crippen molar-refractivity contribution in [1.82, 2.24) is 14.7 Å². The number of rotatable bonds is 9. The molecule has 0 aromatic heterocycles. The van der Waals surface area contributed by atoms with Crippen LogP contribution in [0, 0.1) is 0 Å². The number of carbonyl (C=O) groups excluding carboxylic acids is 3. The second-order valence-corrected chi connectivity index (χ2v) is 19.7. The van der Waals surface area contributed by atoms with E-state index in [0.29, 0.717) is 76.4 Å². The van der Waals surface area contributed by atoms with Crippen LogP contribution in [0.1, 0.15) is 75.6 Å². The van der Waals surface area contributed by atoms with Gasteiger partial charge in [0.1, 0.15) is 13.2 Å². The summed E-state index contributed by atoms with van der Waals surface area (Å²) in [6.45, 7) is 2.14. The molecule has 0 unspecified atom stereocenters. The Bertz CT molecular complexity index is 3450. The monoisotopic (exact) mass is 1030 g/mol. The lowest BCUT2D eigenvalue weighted by molar-refractivity contribution is 0.0696. The first-order valence-electron chi connectivity index (χ1n) is 25.6. The van der Waals surface area contributed by atoms with Gasteiger partial charge in [-0.15, -0.1) is 0 Å². The molecule has 13 rings (SSSR count). The molecule has 0 radical (unpaired) electrons. The molecule has 6 aliphatic rings. The molecule has 0 saturated carbocycles. The van der Waals surface area contributed by atoms with Gasteiger partial charge < -0.3 is 43.5 Å². The minimum absolute atomic E-state index is 0.0145. The third-order valence-corrected chi connectivity index (χ3v) is 15.1. The second-order valence-electron chi connectivity index (χ2n) is 19.7. The van der Waals surface area contributed by atoms with Crippen molar-refractivity contribution in [3.05, 3.63) is 195 Å². The van der Waals surface area contributed by atoms with E-state index < -0.39 is 0 Å². The third kappa shape index (κ3) is 9.38. The number of ether oxygens (including phenoxy) is 5. The van der Waals surface area contributed by atoms with Gasteiger partial charge in [0, 0.05) is 56.5 Å². The number of benzene rings is 7. The minimum Gasteiger partial charge on any atom is -0.504 e. The Morgan fingerprint density at radius 1 is 0.429 bits per heavy atom. The van der Waals surface area contributed by atoms with Gasteiger partial charge in [-0.3, -0.25) is 29.4 Å². The van der Waals surface area contributed by atoms with Gasteiger partial charge in [0.25, 0.3) is 17.7 Å². The van der Waals surface area contributed by atoms with Crippen molar-refractivity contribution in [3.8, 4) is 34.5 Å². The SMILES string of the molecule is COc1cc2c(cc1O)N=C[C@@H]1Cc3ccccc3CN1C2=O.COc1cc2c(cc1OCc1cccc(COc3cc4c(cc3OC)C(=O)N3Cc5ccccc5C[C@H]3C=N4)c1)N=C[C@@H]1Cc3ccccc3CN1C2=O. The molecule has 7 aromatic carbocycles. The van der Waals surface area contributed by atoms with Gasteiger partial charge in [-0.05, 0) is 88.0 Å². The maximum Gasteiger partial charge on any atom is 0.257 e. The van der Waals surface area contributed by atoms with Crippen molar-refractivity contribution in [2.24, 2.45) is 15.0 Å². The Kier molecular flexibility index (Phi) is 12.9. The summed E-state index contributed by atoms with van der Waals surface area (Å²) < 4.78 is 29.1. The summed E-state index contributed by atoms with van der Waals surface area (Å²) in [5.74, 6) is 1.94. The third-order valence-electron chi connectivity index (χ3n) is 15.1. The number of phenolic OH excluding ortho intramolecular Hbond substituents is 1. The first-order valence-corrected chi connectivity index (χ1v) is 25.6. The topological polar surface area (TPSA) is 164 Å². The fraction of sp³-hybridized carbons (Fsp3) is 0.226. The fourth-order valence-electron chi connectivity index (χ4n) is 11.0. The number of fused-ring (bicyclic) bond motifs is 9. The Hall–Kier alpha value is -9.24. The predicted molar refractivity (Wildman–Crippen MR) is 292 cm³/mol. The molecule has 15 heteroatoms. The van der Waals surface area contributed by atoms with Gasteiger partial charge >= 0.3 is 0 Å². The van der Waals surface area contributed by atoms with E-state index >= 15 is 0 Å². The van der Waals surface area contributed by atoms with E-state index in [4.69, 9.17) is 33.7 Å². The Labute approximate surface area is 445 Å². The van der Waals surface area contributed by atoms with E-state index in [2.05, 4.69) is 41.4 Å². The molecule has 1 N–H and O–H groups in total. The second kappa shape index (κ2) is 20.5. The maximum absolute atomic E-state index is 13.8. The number of nitrogens with zero attached hydrogens (tertiary/aromatic N) is 6. The van der Waals surface area contributed by atoms with E-state index in [1.54, 1.807) is 50.8 Å². The molecule has 6 aliphatic heterocycles. The average Bonchev–Trinajstić information content (AvgIpc) is 3.75. The highest BCUT2D eigenvalue weighted by molar-refractivity contribution is 6.05. The van der Waals surface area contributed by atoms with Crippen molar-refractivity contribution in [2.45, 2.75) is 70.2 Å². The molecule has 386 valence electrons. The lowest BCUT2D eigenvalue weighted by Gasteiger charge is -2.34. The van der Waals surface area contributed by atoms with E-state index in [1.165, 1.54) is 35.4 Å². The molecule has 0 bridgehead atoms. The van der Waals surface area contributed by atoms with Gasteiger partial charge in [-0.25, -0.2) is 0 Å². The number of amides is 3. The standard InChI is InChI=1S/C44H38N4O6.C18H16N2O3/c1-51-39-17-35-37(45-21-33-15-29-10-3-5-12-31(29)23-47(33)43(35)49)19-41(39)53-25-27-8-7-9-28(14-27)26-54-42-20-38-36(18-40(42)52-2)44(50)48-24-32-13-6-4-11-30(32)16-34(48)22-46-38;1-23-17-7-14-15(8-16(17)21)19-9-13-6-11-4-2-3-5-12(11)10-20(13)18(14)22/h3-14,17-22,33-34H,15-16,23-26H2,1-2H3;2-5,7-9,13,21H,6,10H2,1H3/t33-,34-;13-/m00/s1. The van der Waals surface area contributed by atoms with Crippen LogP contribution in [0.2, 0.25) is 0 Å². The molecule has 0 spiro atoms. The predicted octanol–water partition coefficient (Wildman–Crippen LogP) is 10.1. The summed E-state index contributed by atoms with van der Waals surface area (Å²) in [6, 6.07) is 42.3. The number of aliphatic imine (C=N–C) groups is 3. The van der Waals surface area contributed by atoms with Crippen LogP contribution in [0.4, 0.5) is 17.1 Å². The molecule has 0 aliphatic carbocycles. The summed E-state index contributed by atoms with van der Waals surface area (Å²) in [4.78, 5) is 60.0. The van der Waals surface area contributed by atoms with Gasteiger partial charge in [0.2, 0.25) is 0 Å². The summed E-state index contributed by atoms with van der Waals surface area (Å²) in [5, 5.41) is 9.92. The van der Waals surface area contributed by atoms with E-state index in [1.807, 2.05) is 87.8 Å². The number of carbonyl (C=O) groups is 3. The van der Waals surface area contributed by atoms with Gasteiger partial charge in [-0.2, -0.15) is 0 Å². The van der Waals surface area contributed by atoms with Crippen molar-refractivity contribution in [1.29, 1.82) is 0 Å². The molecular formula is C62H54N6O9.